The number of thiophene rings is 3. The minimum absolute atomic E-state index is 0.252. The molecule has 5 aromatic heterocycles. The molecule has 0 amide bonds. The van der Waals surface area contributed by atoms with Gasteiger partial charge in [-0.25, -0.2) is 9.97 Å². The first kappa shape index (κ1) is 71.4. The quantitative estimate of drug-likeness (QED) is 0.0221. The first-order chi connectivity index (χ1) is 45.3. The molecule has 3 aliphatic carbocycles. The first-order valence-electron chi connectivity index (χ1n) is 32.2. The Hall–Kier alpha value is -5.35. The van der Waals surface area contributed by atoms with Crippen molar-refractivity contribution in [2.75, 3.05) is 139 Å². The second kappa shape index (κ2) is 32.8. The highest BCUT2D eigenvalue weighted by atomic mass is 32.1. The van der Waals surface area contributed by atoms with Crippen LogP contribution in [0.1, 0.15) is 48.8 Å². The van der Waals surface area contributed by atoms with Gasteiger partial charge in [0, 0.05) is 195 Å². The van der Waals surface area contributed by atoms with Crippen LogP contribution in [-0.2, 0) is 36.4 Å². The number of nitrogens with one attached hydrogen (secondary N) is 1. The van der Waals surface area contributed by atoms with Crippen molar-refractivity contribution in [3.63, 3.8) is 0 Å². The van der Waals surface area contributed by atoms with Gasteiger partial charge >= 0.3 is 18.5 Å². The Morgan fingerprint density at radius 3 is 1.27 bits per heavy atom. The molecule has 3 aromatic carbocycles. The van der Waals surface area contributed by atoms with Gasteiger partial charge in [0.2, 0.25) is 0 Å². The van der Waals surface area contributed by atoms with Crippen molar-refractivity contribution in [3.8, 4) is 0 Å². The number of aryl methyl sites for hydroxylation is 2. The van der Waals surface area contributed by atoms with Crippen molar-refractivity contribution in [1.29, 1.82) is 0 Å². The van der Waals surface area contributed by atoms with Gasteiger partial charge in [0.25, 0.3) is 0 Å². The van der Waals surface area contributed by atoms with Crippen molar-refractivity contribution >= 4 is 104 Å². The molecule has 8 heterocycles. The zero-order chi connectivity index (χ0) is 66.6. The zero-order valence-electron chi connectivity index (χ0n) is 52.5. The monoisotopic (exact) mass is 1380 g/mol. The molecular formula is C66H83BF9N12O2PS3. The highest BCUT2D eigenvalue weighted by Crippen LogP contribution is 2.44. The van der Waals surface area contributed by atoms with Crippen molar-refractivity contribution in [2.24, 2.45) is 41.2 Å². The lowest BCUT2D eigenvalue weighted by Crippen LogP contribution is -2.47. The van der Waals surface area contributed by atoms with E-state index in [-0.39, 0.29) is 5.92 Å². The summed E-state index contributed by atoms with van der Waals surface area (Å²) < 4.78 is 122. The van der Waals surface area contributed by atoms with Gasteiger partial charge in [0.05, 0.1) is 54.0 Å². The number of rotatable bonds is 20. The maximum absolute atomic E-state index is 13.0. The number of anilines is 3. The van der Waals surface area contributed by atoms with Gasteiger partial charge in [-0.1, -0.05) is 18.2 Å². The van der Waals surface area contributed by atoms with Crippen molar-refractivity contribution in [2.45, 2.75) is 63.7 Å². The molecular weight excluding hydrogens is 1300 g/mol. The molecule has 7 atom stereocenters. The topological polar surface area (TPSA) is 130 Å². The molecule has 4 unspecified atom stereocenters. The summed E-state index contributed by atoms with van der Waals surface area (Å²) in [5.41, 5.74) is 6.73. The number of nitrogens with zero attached hydrogens (tertiary/aromatic N) is 10. The second-order valence-corrected chi connectivity index (χ2v) is 27.9. The molecule has 508 valence electrons. The van der Waals surface area contributed by atoms with E-state index in [1.54, 1.807) is 30.7 Å². The lowest BCUT2D eigenvalue weighted by Gasteiger charge is -2.36. The van der Waals surface area contributed by atoms with E-state index < -0.39 is 35.2 Å². The number of aromatic nitrogens is 4. The first-order valence-corrected chi connectivity index (χ1v) is 35.5. The predicted octanol–water partition coefficient (Wildman–Crippen LogP) is 12.3. The molecule has 2 radical (unpaired) electrons. The summed E-state index contributed by atoms with van der Waals surface area (Å²) in [4.78, 5) is 32.9. The number of hydrogen-bond acceptors (Lipinski definition) is 15. The Kier molecular flexibility index (Phi) is 24.9. The molecule has 28 heteroatoms. The lowest BCUT2D eigenvalue weighted by atomic mass is 10.1. The summed E-state index contributed by atoms with van der Waals surface area (Å²) in [5, 5.41) is 21.4. The fourth-order valence-corrected chi connectivity index (χ4v) is 15.8. The molecule has 4 N–H and O–H groups in total. The Morgan fingerprint density at radius 1 is 0.543 bits per heavy atom. The second-order valence-electron chi connectivity index (χ2n) is 25.1. The minimum Gasteiger partial charge on any atom is -0.396 e. The van der Waals surface area contributed by atoms with Crippen LogP contribution >= 0.6 is 43.1 Å². The van der Waals surface area contributed by atoms with Crippen LogP contribution in [-0.4, -0.2) is 177 Å². The number of carbonyl (C=O) groups is 1. The number of aldehydes is 1. The molecule has 0 spiro atoms. The van der Waals surface area contributed by atoms with Gasteiger partial charge in [-0.3, -0.25) is 14.7 Å². The molecule has 3 saturated heterocycles. The van der Waals surface area contributed by atoms with E-state index in [2.05, 4.69) is 56.8 Å². The number of fused-ring (bicyclic) bond motifs is 3. The maximum atomic E-state index is 13.0. The van der Waals surface area contributed by atoms with Crippen LogP contribution in [0, 0.1) is 35.5 Å². The van der Waals surface area contributed by atoms with Crippen molar-refractivity contribution in [3.05, 3.63) is 125 Å². The number of hydrogen-bond donors (Lipinski definition) is 3. The predicted molar refractivity (Wildman–Crippen MR) is 365 cm³/mol. The summed E-state index contributed by atoms with van der Waals surface area (Å²) in [5.74, 6) is 3.48. The zero-order valence-corrected chi connectivity index (χ0v) is 56.1. The van der Waals surface area contributed by atoms with E-state index in [9.17, 15) is 44.3 Å². The molecule has 94 heavy (non-hydrogen) atoms. The third kappa shape index (κ3) is 19.5. The standard InChI is InChI=1S/C24H30F3N5S.C18H21F3N2OS.C18H19F3N2OS.C6H11N3.BH2P/c25-24(26,27)20-2-3-21-22(16-33-23(21)13-20)32-10-8-30(9-11-32)15-19-12-18(19)14-28-4-1-6-31-7-5-29-17-31;2*19-18(20,21)14-1-2-15-16(11-25-17(15)8-14)23-5-3-22(4-6-23)9-12-7-13(12)10-24;7-2-1-4-9-5-3-8-6-9;1-2/h2-3,5,7,13,16-19,28H,1,4,6,8-12,14-15H2;1-2,8,11-13,24H,3-7,9-10H2;1-2,8,10-13H,3-7,9H2;3,5-6H,1-2,4,7H2;2H2/t18-,19?;2*12?,13-;;/m000../s1. The van der Waals surface area contributed by atoms with Crippen LogP contribution in [0.15, 0.2) is 108 Å². The third-order valence-electron chi connectivity index (χ3n) is 18.7. The lowest BCUT2D eigenvalue weighted by molar-refractivity contribution is -0.138. The molecule has 6 fully saturated rings. The molecule has 3 saturated carbocycles. The summed E-state index contributed by atoms with van der Waals surface area (Å²) in [7, 11) is 6.33. The number of aliphatic hydroxyl groups is 1. The summed E-state index contributed by atoms with van der Waals surface area (Å²) >= 11 is 4.15. The number of piperazine rings is 3. The Bertz CT molecular complexity index is 3600. The van der Waals surface area contributed by atoms with Gasteiger partial charge in [-0.2, -0.15) is 48.6 Å². The average molecular weight is 1390 g/mol. The van der Waals surface area contributed by atoms with Gasteiger partial charge in [0.1, 0.15) is 6.29 Å². The number of carbonyl (C=O) groups excluding carboxylic acids is 1. The van der Waals surface area contributed by atoms with Gasteiger partial charge in [-0.15, -0.1) is 34.0 Å². The van der Waals surface area contributed by atoms with Gasteiger partial charge in [0.15, 0.2) is 0 Å². The number of aliphatic hydroxyl groups excluding tert-OH is 1. The summed E-state index contributed by atoms with van der Waals surface area (Å²) in [6.45, 7) is 19.6. The third-order valence-corrected chi connectivity index (χ3v) is 21.5. The van der Waals surface area contributed by atoms with E-state index in [0.29, 0.717) is 38.5 Å². The normalized spacial score (nSPS) is 21.8. The van der Waals surface area contributed by atoms with E-state index in [1.807, 2.05) is 54.7 Å². The van der Waals surface area contributed by atoms with E-state index in [4.69, 9.17) is 10.8 Å². The van der Waals surface area contributed by atoms with E-state index in [0.717, 1.165) is 208 Å². The van der Waals surface area contributed by atoms with Crippen LogP contribution in [0.4, 0.5) is 56.6 Å². The fraction of sp³-hybridized carbons (Fsp3) is 0.530. The Balaban J connectivity index is 0.000000144. The fourth-order valence-electron chi connectivity index (χ4n) is 12.8. The number of benzene rings is 3. The number of halogens is 9. The maximum Gasteiger partial charge on any atom is 0.416 e. The van der Waals surface area contributed by atoms with Crippen molar-refractivity contribution < 1.29 is 49.4 Å². The molecule has 8 aromatic rings. The Morgan fingerprint density at radius 2 is 0.926 bits per heavy atom. The van der Waals surface area contributed by atoms with E-state index >= 15 is 0 Å². The van der Waals surface area contributed by atoms with Crippen molar-refractivity contribution in [1.82, 2.24) is 39.1 Å². The van der Waals surface area contributed by atoms with E-state index in [1.165, 1.54) is 76.8 Å². The molecule has 0 bridgehead atoms. The van der Waals surface area contributed by atoms with Gasteiger partial charge < -0.3 is 44.8 Å². The highest BCUT2D eigenvalue weighted by molar-refractivity contribution is 7.49. The van der Waals surface area contributed by atoms with Crippen LogP contribution in [0.2, 0.25) is 0 Å². The van der Waals surface area contributed by atoms with Crippen LogP contribution < -0.4 is 25.8 Å². The summed E-state index contributed by atoms with van der Waals surface area (Å²) in [6.07, 6.45) is 4.97. The van der Waals surface area contributed by atoms with Crippen LogP contribution in [0.3, 0.4) is 0 Å². The highest BCUT2D eigenvalue weighted by Gasteiger charge is 2.41. The van der Waals surface area contributed by atoms with Crippen LogP contribution in [0.5, 0.6) is 0 Å². The minimum atomic E-state index is -4.30. The molecule has 14 rings (SSSR count). The SMILES string of the molecule is FC(F)(F)c1ccc2c(N3CCN(CC4C[C@H]4CNCCCn4ccnc4)CC3)csc2c1.NCCCn1ccnc1.O=C[C@@H]1CC1CN1CCN(c2csc3cc(C(F)(F)F)ccc23)CC1.OC[C@@H]1CC1CN1CCN(c2csc3cc(C(F)(F)F)ccc23)CC1.[B]P. The average Bonchev–Trinajstić information content (AvgIpc) is 1.61. The number of nitrogens with two attached hydrogens (primary N) is 1. The smallest absolute Gasteiger partial charge is 0.396 e. The molecule has 6 aliphatic rings. The molecule has 3 aliphatic heterocycles. The summed E-state index contributed by atoms with van der Waals surface area (Å²) in [6, 6.07) is 12.1. The Labute approximate surface area is 558 Å². The van der Waals surface area contributed by atoms with Gasteiger partial charge in [-0.05, 0) is 118 Å². The number of imidazole rings is 2. The van der Waals surface area contributed by atoms with Crippen LogP contribution in [0.25, 0.3) is 30.3 Å². The molecule has 14 nitrogen and oxygen atoms in total. The number of alkyl halides is 9. The largest absolute Gasteiger partial charge is 0.416 e.